The predicted octanol–water partition coefficient (Wildman–Crippen LogP) is 2.19. The van der Waals surface area contributed by atoms with Crippen LogP contribution >= 0.6 is 0 Å². The smallest absolute Gasteiger partial charge is 0.272 e. The highest BCUT2D eigenvalue weighted by atomic mass is 16.5. The molecule has 1 amide bonds. The normalized spacial score (nSPS) is 10.4. The molecule has 1 rings (SSSR count). The van der Waals surface area contributed by atoms with Crippen LogP contribution < -0.4 is 5.32 Å². The van der Waals surface area contributed by atoms with Crippen molar-refractivity contribution in [2.24, 2.45) is 0 Å². The molecule has 1 aromatic rings. The van der Waals surface area contributed by atoms with Gasteiger partial charge in [0.05, 0.1) is 0 Å². The molecule has 0 aliphatic carbocycles. The van der Waals surface area contributed by atoms with E-state index in [1.54, 1.807) is 13.2 Å². The summed E-state index contributed by atoms with van der Waals surface area (Å²) < 4.78 is 4.99. The van der Waals surface area contributed by atoms with Crippen molar-refractivity contribution in [1.82, 2.24) is 14.9 Å². The van der Waals surface area contributed by atoms with Gasteiger partial charge < -0.3 is 15.0 Å². The number of nitrogens with one attached hydrogen (secondary N) is 1. The van der Waals surface area contributed by atoms with Gasteiger partial charge >= 0.3 is 0 Å². The molecule has 1 heterocycles. The minimum absolute atomic E-state index is 0.0268. The highest BCUT2D eigenvalue weighted by Crippen LogP contribution is 2.08. The molecule has 0 fully saturated rings. The van der Waals surface area contributed by atoms with Crippen molar-refractivity contribution >= 4 is 11.7 Å². The number of aromatic nitrogens is 2. The maximum atomic E-state index is 12.4. The lowest BCUT2D eigenvalue weighted by Gasteiger charge is -2.21. The Bertz CT molecular complexity index is 420. The topological polar surface area (TPSA) is 67.4 Å². The van der Waals surface area contributed by atoms with E-state index in [2.05, 4.69) is 29.1 Å². The van der Waals surface area contributed by atoms with E-state index in [1.807, 2.05) is 4.90 Å². The maximum absolute atomic E-state index is 12.4. The number of hydrogen-bond donors (Lipinski definition) is 1. The van der Waals surface area contributed by atoms with Gasteiger partial charge in [-0.25, -0.2) is 9.97 Å². The van der Waals surface area contributed by atoms with Gasteiger partial charge in [-0.05, 0) is 19.3 Å². The van der Waals surface area contributed by atoms with Crippen LogP contribution in [-0.2, 0) is 4.74 Å². The summed E-state index contributed by atoms with van der Waals surface area (Å²) >= 11 is 0. The van der Waals surface area contributed by atoms with Crippen LogP contribution in [-0.4, -0.2) is 54.1 Å². The van der Waals surface area contributed by atoms with E-state index in [0.29, 0.717) is 18.1 Å². The summed E-state index contributed by atoms with van der Waals surface area (Å²) in [6, 6.07) is 1.72. The average molecular weight is 294 g/mol. The molecule has 6 nitrogen and oxygen atoms in total. The number of carbonyl (C=O) groups excluding carboxylic acids is 1. The van der Waals surface area contributed by atoms with E-state index in [1.165, 1.54) is 6.33 Å². The molecule has 0 aromatic carbocycles. The number of nitrogens with zero attached hydrogens (tertiary/aromatic N) is 3. The van der Waals surface area contributed by atoms with Gasteiger partial charge in [0.25, 0.3) is 5.91 Å². The molecule has 1 N–H and O–H groups in total. The van der Waals surface area contributed by atoms with Crippen LogP contribution in [0.3, 0.4) is 0 Å². The molecule has 0 bridgehead atoms. The van der Waals surface area contributed by atoms with Crippen LogP contribution in [0.15, 0.2) is 12.4 Å². The van der Waals surface area contributed by atoms with E-state index in [4.69, 9.17) is 4.74 Å². The number of anilines is 1. The van der Waals surface area contributed by atoms with E-state index in [-0.39, 0.29) is 5.91 Å². The monoisotopic (exact) mass is 294 g/mol. The molecule has 118 valence electrons. The van der Waals surface area contributed by atoms with Gasteiger partial charge in [0.1, 0.15) is 17.8 Å². The van der Waals surface area contributed by atoms with E-state index < -0.39 is 0 Å². The average Bonchev–Trinajstić information content (AvgIpc) is 2.51. The molecule has 0 aliphatic heterocycles. The first-order valence-corrected chi connectivity index (χ1v) is 7.57. The number of hydrogen-bond acceptors (Lipinski definition) is 5. The lowest BCUT2D eigenvalue weighted by molar-refractivity contribution is 0.0749. The van der Waals surface area contributed by atoms with Gasteiger partial charge in [0.2, 0.25) is 0 Å². The second-order valence-electron chi connectivity index (χ2n) is 4.85. The number of ether oxygens (including phenoxy) is 1. The molecule has 0 atom stereocenters. The Morgan fingerprint density at radius 2 is 2.00 bits per heavy atom. The molecule has 0 spiro atoms. The molecule has 0 aliphatic rings. The minimum Gasteiger partial charge on any atom is -0.385 e. The molecule has 0 unspecified atom stereocenters. The van der Waals surface area contributed by atoms with Crippen molar-refractivity contribution in [2.75, 3.05) is 38.7 Å². The van der Waals surface area contributed by atoms with Crippen molar-refractivity contribution in [3.63, 3.8) is 0 Å². The second kappa shape index (κ2) is 10.1. The first-order valence-electron chi connectivity index (χ1n) is 7.57. The van der Waals surface area contributed by atoms with E-state index >= 15 is 0 Å². The molecule has 1 aromatic heterocycles. The van der Waals surface area contributed by atoms with Crippen LogP contribution in [0, 0.1) is 0 Å². The Labute approximate surface area is 126 Å². The lowest BCUT2D eigenvalue weighted by Crippen LogP contribution is -2.33. The second-order valence-corrected chi connectivity index (χ2v) is 4.85. The Kier molecular flexibility index (Phi) is 8.35. The molecular weight excluding hydrogens is 268 g/mol. The van der Waals surface area contributed by atoms with Crippen LogP contribution in [0.2, 0.25) is 0 Å². The summed E-state index contributed by atoms with van der Waals surface area (Å²) in [4.78, 5) is 22.5. The highest BCUT2D eigenvalue weighted by Gasteiger charge is 2.16. The molecule has 0 radical (unpaired) electrons. The quantitative estimate of drug-likeness (QED) is 0.670. The molecular formula is C15H26N4O2. The largest absolute Gasteiger partial charge is 0.385 e. The Balaban J connectivity index is 2.66. The van der Waals surface area contributed by atoms with Crippen LogP contribution in [0.25, 0.3) is 0 Å². The Morgan fingerprint density at radius 1 is 1.29 bits per heavy atom. The molecule has 0 saturated carbocycles. The number of rotatable bonds is 10. The third-order valence-corrected chi connectivity index (χ3v) is 2.99. The zero-order chi connectivity index (χ0) is 15.5. The van der Waals surface area contributed by atoms with E-state index in [9.17, 15) is 4.79 Å². The van der Waals surface area contributed by atoms with Gasteiger partial charge in [-0.2, -0.15) is 0 Å². The van der Waals surface area contributed by atoms with Crippen LogP contribution in [0.4, 0.5) is 5.82 Å². The van der Waals surface area contributed by atoms with Crippen molar-refractivity contribution in [1.29, 1.82) is 0 Å². The maximum Gasteiger partial charge on any atom is 0.272 e. The number of amides is 1. The first kappa shape index (κ1) is 17.4. The van der Waals surface area contributed by atoms with Crippen molar-refractivity contribution in [3.05, 3.63) is 18.1 Å². The fraction of sp³-hybridized carbons (Fsp3) is 0.667. The summed E-state index contributed by atoms with van der Waals surface area (Å²) in [5, 5.41) is 3.18. The highest BCUT2D eigenvalue weighted by molar-refractivity contribution is 5.92. The lowest BCUT2D eigenvalue weighted by atomic mass is 10.3. The van der Waals surface area contributed by atoms with Crippen molar-refractivity contribution in [2.45, 2.75) is 33.1 Å². The zero-order valence-electron chi connectivity index (χ0n) is 13.3. The molecule has 6 heteroatoms. The van der Waals surface area contributed by atoms with Gasteiger partial charge in [-0.15, -0.1) is 0 Å². The first-order chi connectivity index (χ1) is 10.2. The van der Waals surface area contributed by atoms with Crippen LogP contribution in [0.1, 0.15) is 43.6 Å². The summed E-state index contributed by atoms with van der Waals surface area (Å²) in [5.74, 6) is 0.651. The summed E-state index contributed by atoms with van der Waals surface area (Å²) in [5.41, 5.74) is 0.446. The molecule has 0 saturated heterocycles. The van der Waals surface area contributed by atoms with E-state index in [0.717, 1.165) is 38.9 Å². The van der Waals surface area contributed by atoms with Gasteiger partial charge in [-0.3, -0.25) is 4.79 Å². The third kappa shape index (κ3) is 6.08. The minimum atomic E-state index is -0.0268. The van der Waals surface area contributed by atoms with Crippen LogP contribution in [0.5, 0.6) is 0 Å². The zero-order valence-corrected chi connectivity index (χ0v) is 13.3. The fourth-order valence-corrected chi connectivity index (χ4v) is 2.02. The Hall–Kier alpha value is -1.69. The van der Waals surface area contributed by atoms with Gasteiger partial charge in [0.15, 0.2) is 0 Å². The number of methoxy groups -OCH3 is 1. The predicted molar refractivity (Wildman–Crippen MR) is 83.5 cm³/mol. The SMILES string of the molecule is CCCN(CCC)C(=O)c1cc(NCCCOC)ncn1. The standard InChI is InChI=1S/C15H26N4O2/c1-4-8-19(9-5-2)15(20)13-11-14(18-12-17-13)16-7-6-10-21-3/h11-12H,4-10H2,1-3H3,(H,16,17,18). The van der Waals surface area contributed by atoms with Crippen molar-refractivity contribution < 1.29 is 9.53 Å². The third-order valence-electron chi connectivity index (χ3n) is 2.99. The van der Waals surface area contributed by atoms with Gasteiger partial charge in [0, 0.05) is 39.4 Å². The summed E-state index contributed by atoms with van der Waals surface area (Å²) in [6.45, 7) is 7.11. The van der Waals surface area contributed by atoms with Crippen molar-refractivity contribution in [3.8, 4) is 0 Å². The fourth-order valence-electron chi connectivity index (χ4n) is 2.02. The molecule has 21 heavy (non-hydrogen) atoms. The number of carbonyl (C=O) groups is 1. The summed E-state index contributed by atoms with van der Waals surface area (Å²) in [7, 11) is 1.68. The van der Waals surface area contributed by atoms with Gasteiger partial charge in [-0.1, -0.05) is 13.8 Å². The summed E-state index contributed by atoms with van der Waals surface area (Å²) in [6.07, 6.45) is 4.21. The Morgan fingerprint density at radius 3 is 2.62 bits per heavy atom.